The van der Waals surface area contributed by atoms with Gasteiger partial charge in [-0.3, -0.25) is 10.1 Å². The molecule has 1 aliphatic heterocycles. The SMILES string of the molecule is CC(C)(C)Cc1nc2cc(Br)ccc2n1CC1CCN(C(=O)OC(C)(C)C)CC1.O=[N+]([O-])c1cc(Br)ccc1F. The maximum absolute atomic E-state index is 12.6. The van der Waals surface area contributed by atoms with E-state index in [1.54, 1.807) is 0 Å². The van der Waals surface area contributed by atoms with E-state index in [1.807, 2.05) is 25.7 Å². The van der Waals surface area contributed by atoms with Crippen LogP contribution in [-0.2, 0) is 17.7 Å². The molecule has 0 N–H and O–H groups in total. The van der Waals surface area contributed by atoms with Crippen molar-refractivity contribution in [3.05, 3.63) is 67.1 Å². The first-order valence-electron chi connectivity index (χ1n) is 13.2. The third-order valence-corrected chi connectivity index (χ3v) is 7.28. The number of hydrogen-bond acceptors (Lipinski definition) is 5. The van der Waals surface area contributed by atoms with Crippen molar-refractivity contribution in [2.45, 2.75) is 73.0 Å². The summed E-state index contributed by atoms with van der Waals surface area (Å²) in [5, 5.41) is 10.1. The molecule has 0 spiro atoms. The van der Waals surface area contributed by atoms with Gasteiger partial charge in [-0.05, 0) is 75.3 Å². The van der Waals surface area contributed by atoms with Crippen LogP contribution in [-0.4, -0.2) is 44.2 Å². The van der Waals surface area contributed by atoms with Gasteiger partial charge in [-0.25, -0.2) is 9.78 Å². The Morgan fingerprint density at radius 3 is 2.23 bits per heavy atom. The van der Waals surface area contributed by atoms with Crippen molar-refractivity contribution in [2.75, 3.05) is 13.1 Å². The van der Waals surface area contributed by atoms with Crippen LogP contribution in [0.4, 0.5) is 14.9 Å². The fourth-order valence-corrected chi connectivity index (χ4v) is 5.17. The fourth-order valence-electron chi connectivity index (χ4n) is 4.47. The van der Waals surface area contributed by atoms with Gasteiger partial charge in [0.1, 0.15) is 11.4 Å². The Morgan fingerprint density at radius 1 is 1.07 bits per heavy atom. The molecule has 0 atom stereocenters. The molecule has 2 aromatic carbocycles. The second-order valence-electron chi connectivity index (χ2n) is 12.3. The lowest BCUT2D eigenvalue weighted by Crippen LogP contribution is -2.42. The molecule has 0 unspecified atom stereocenters. The van der Waals surface area contributed by atoms with Crippen molar-refractivity contribution in [2.24, 2.45) is 11.3 Å². The summed E-state index contributed by atoms with van der Waals surface area (Å²) >= 11 is 6.56. The molecule has 3 aromatic rings. The molecule has 1 saturated heterocycles. The molecule has 4 rings (SSSR count). The minimum absolute atomic E-state index is 0.177. The molecule has 0 radical (unpaired) electrons. The maximum Gasteiger partial charge on any atom is 0.410 e. The summed E-state index contributed by atoms with van der Waals surface area (Å²) in [6, 6.07) is 9.92. The molecule has 2 heterocycles. The second kappa shape index (κ2) is 13.0. The Kier molecular flexibility index (Phi) is 10.4. The summed E-state index contributed by atoms with van der Waals surface area (Å²) in [5.41, 5.74) is 1.46. The number of rotatable bonds is 4. The van der Waals surface area contributed by atoms with E-state index < -0.39 is 22.0 Å². The van der Waals surface area contributed by atoms with Gasteiger partial charge in [-0.1, -0.05) is 52.6 Å². The third kappa shape index (κ3) is 9.26. The Balaban J connectivity index is 0.000000336. The zero-order valence-electron chi connectivity index (χ0n) is 23.8. The molecule has 8 nitrogen and oxygen atoms in total. The van der Waals surface area contributed by atoms with E-state index >= 15 is 0 Å². The molecule has 40 heavy (non-hydrogen) atoms. The van der Waals surface area contributed by atoms with E-state index in [1.165, 1.54) is 11.6 Å². The summed E-state index contributed by atoms with van der Waals surface area (Å²) in [5.74, 6) is 0.867. The molecule has 1 aromatic heterocycles. The summed E-state index contributed by atoms with van der Waals surface area (Å²) in [6.45, 7) is 15.0. The molecular weight excluding hydrogens is 647 g/mol. The van der Waals surface area contributed by atoms with Crippen LogP contribution in [0.2, 0.25) is 0 Å². The van der Waals surface area contributed by atoms with Gasteiger partial charge < -0.3 is 14.2 Å². The predicted octanol–water partition coefficient (Wildman–Crippen LogP) is 8.53. The molecule has 0 bridgehead atoms. The average Bonchev–Trinajstić information content (AvgIpc) is 3.14. The number of nitro groups is 1. The molecule has 1 amide bonds. The van der Waals surface area contributed by atoms with Crippen LogP contribution in [0.1, 0.15) is 60.2 Å². The standard InChI is InChI=1S/C23H34BrN3O2.C6H3BrFNO2/c1-22(2,3)14-20-25-18-13-17(24)7-8-19(18)27(20)15-16-9-11-26(12-10-16)21(28)29-23(4,5)6;7-4-1-2-5(8)6(3-4)9(10)11/h7-8,13,16H,9-12,14-15H2,1-6H3;1-3H. The van der Waals surface area contributed by atoms with E-state index in [9.17, 15) is 19.3 Å². The number of hydrogen-bond donors (Lipinski definition) is 0. The fraction of sp³-hybridized carbons (Fsp3) is 0.517. The number of piperidine rings is 1. The quantitative estimate of drug-likeness (QED) is 0.203. The first kappa shape index (κ1) is 32.0. The van der Waals surface area contributed by atoms with Crippen LogP contribution in [0.3, 0.4) is 0 Å². The predicted molar refractivity (Wildman–Crippen MR) is 162 cm³/mol. The molecule has 1 aliphatic rings. The lowest BCUT2D eigenvalue weighted by atomic mass is 9.91. The van der Waals surface area contributed by atoms with Gasteiger partial charge >= 0.3 is 11.8 Å². The molecule has 1 fully saturated rings. The zero-order chi connectivity index (χ0) is 29.8. The van der Waals surface area contributed by atoms with Gasteiger partial charge in [0.05, 0.1) is 16.0 Å². The Labute approximate surface area is 251 Å². The first-order chi connectivity index (χ1) is 18.5. The van der Waals surface area contributed by atoms with Gasteiger partial charge in [0.2, 0.25) is 5.82 Å². The number of carbonyl (C=O) groups excluding carboxylic acids is 1. The summed E-state index contributed by atoms with van der Waals surface area (Å²) < 4.78 is 22.0. The van der Waals surface area contributed by atoms with E-state index in [-0.39, 0.29) is 11.5 Å². The zero-order valence-corrected chi connectivity index (χ0v) is 27.0. The number of ether oxygens (including phenoxy) is 1. The van der Waals surface area contributed by atoms with Crippen molar-refractivity contribution in [1.82, 2.24) is 14.5 Å². The number of fused-ring (bicyclic) bond motifs is 1. The molecule has 0 saturated carbocycles. The van der Waals surface area contributed by atoms with Crippen LogP contribution in [0.5, 0.6) is 0 Å². The monoisotopic (exact) mass is 682 g/mol. The molecular formula is C29H37Br2FN4O4. The van der Waals surface area contributed by atoms with Gasteiger partial charge in [0, 0.05) is 41.1 Å². The lowest BCUT2D eigenvalue weighted by Gasteiger charge is -2.34. The van der Waals surface area contributed by atoms with Crippen LogP contribution in [0, 0.1) is 27.3 Å². The Bertz CT molecular complexity index is 1360. The van der Waals surface area contributed by atoms with Crippen molar-refractivity contribution in [3.8, 4) is 0 Å². The van der Waals surface area contributed by atoms with Crippen molar-refractivity contribution in [3.63, 3.8) is 0 Å². The Morgan fingerprint density at radius 2 is 1.68 bits per heavy atom. The van der Waals surface area contributed by atoms with E-state index in [0.717, 1.165) is 66.8 Å². The van der Waals surface area contributed by atoms with Crippen molar-refractivity contribution < 1.29 is 18.8 Å². The summed E-state index contributed by atoms with van der Waals surface area (Å²) in [6.07, 6.45) is 2.73. The molecule has 0 aliphatic carbocycles. The minimum Gasteiger partial charge on any atom is -0.444 e. The van der Waals surface area contributed by atoms with Gasteiger partial charge in [0.25, 0.3) is 0 Å². The number of amides is 1. The highest BCUT2D eigenvalue weighted by molar-refractivity contribution is 9.10. The number of benzene rings is 2. The number of nitrogens with zero attached hydrogens (tertiary/aromatic N) is 4. The lowest BCUT2D eigenvalue weighted by molar-refractivity contribution is -0.387. The highest BCUT2D eigenvalue weighted by Gasteiger charge is 2.28. The van der Waals surface area contributed by atoms with E-state index in [0.29, 0.717) is 10.4 Å². The van der Waals surface area contributed by atoms with Gasteiger partial charge in [-0.2, -0.15) is 4.39 Å². The number of aromatic nitrogens is 2. The van der Waals surface area contributed by atoms with Gasteiger partial charge in [-0.15, -0.1) is 0 Å². The minimum atomic E-state index is -0.821. The number of imidazole rings is 1. The third-order valence-electron chi connectivity index (χ3n) is 6.29. The molecule has 11 heteroatoms. The van der Waals surface area contributed by atoms with Crippen LogP contribution >= 0.6 is 31.9 Å². The highest BCUT2D eigenvalue weighted by atomic mass is 79.9. The smallest absolute Gasteiger partial charge is 0.410 e. The molecule has 218 valence electrons. The number of likely N-dealkylation sites (tertiary alicyclic amines) is 1. The van der Waals surface area contributed by atoms with Crippen LogP contribution in [0.25, 0.3) is 11.0 Å². The number of carbonyl (C=O) groups is 1. The highest BCUT2D eigenvalue weighted by Crippen LogP contribution is 2.29. The summed E-state index contributed by atoms with van der Waals surface area (Å²) in [4.78, 5) is 28.5. The largest absolute Gasteiger partial charge is 0.444 e. The number of nitro benzene ring substituents is 1. The maximum atomic E-state index is 12.6. The summed E-state index contributed by atoms with van der Waals surface area (Å²) in [7, 11) is 0. The number of halogens is 3. The normalized spacial score (nSPS) is 14.6. The van der Waals surface area contributed by atoms with Crippen molar-refractivity contribution in [1.29, 1.82) is 0 Å². The van der Waals surface area contributed by atoms with E-state index in [2.05, 4.69) is 75.4 Å². The van der Waals surface area contributed by atoms with Crippen molar-refractivity contribution >= 4 is 54.7 Å². The second-order valence-corrected chi connectivity index (χ2v) is 14.1. The first-order valence-corrected chi connectivity index (χ1v) is 14.8. The van der Waals surface area contributed by atoms with E-state index in [4.69, 9.17) is 9.72 Å². The van der Waals surface area contributed by atoms with Crippen LogP contribution < -0.4 is 0 Å². The average molecular weight is 684 g/mol. The van der Waals surface area contributed by atoms with Crippen LogP contribution in [0.15, 0.2) is 45.3 Å². The Hall–Kier alpha value is -2.53. The topological polar surface area (TPSA) is 90.5 Å². The van der Waals surface area contributed by atoms with Gasteiger partial charge in [0.15, 0.2) is 0 Å².